The van der Waals surface area contributed by atoms with E-state index in [1.807, 2.05) is 36.4 Å². The third-order valence-corrected chi connectivity index (χ3v) is 12.5. The first kappa shape index (κ1) is 25.6. The first-order valence-corrected chi connectivity index (χ1v) is 15.7. The SMILES string of the molecule is CCC[C@@]1([Si](C)(C)c2ccccc2)C=C[C@@H](OCc2ccccc2)[C@H](OCc2ccccc2)[C@H]1O. The standard InChI is InChI=1S/C31H38O3Si/c1-4-21-31(35(2,3)27-18-12-7-13-19-27)22-20-28(33-23-25-14-8-5-9-15-25)29(30(31)32)34-24-26-16-10-6-11-17-26/h5-20,22,28-30,32H,4,21,23-24H2,1-3H3/t28-,29+,30-,31-/m1/s1. The summed E-state index contributed by atoms with van der Waals surface area (Å²) in [5.41, 5.74) is 2.21. The Morgan fingerprint density at radius 2 is 1.29 bits per heavy atom. The quantitative estimate of drug-likeness (QED) is 0.272. The highest BCUT2D eigenvalue weighted by molar-refractivity contribution is 6.92. The molecule has 0 saturated carbocycles. The molecule has 4 heteroatoms. The van der Waals surface area contributed by atoms with Gasteiger partial charge in [-0.05, 0) is 17.5 Å². The maximum atomic E-state index is 12.1. The van der Waals surface area contributed by atoms with Crippen LogP contribution in [0.1, 0.15) is 30.9 Å². The number of aliphatic hydroxyl groups is 1. The van der Waals surface area contributed by atoms with E-state index in [0.717, 1.165) is 24.0 Å². The molecule has 1 aliphatic carbocycles. The Kier molecular flexibility index (Phi) is 8.40. The Bertz CT molecular complexity index is 1070. The van der Waals surface area contributed by atoms with E-state index in [2.05, 4.69) is 86.8 Å². The maximum absolute atomic E-state index is 12.1. The van der Waals surface area contributed by atoms with Crippen LogP contribution < -0.4 is 5.19 Å². The molecular formula is C31H38O3Si. The van der Waals surface area contributed by atoms with Crippen molar-refractivity contribution in [2.75, 3.05) is 0 Å². The number of hydrogen-bond acceptors (Lipinski definition) is 3. The Hall–Kier alpha value is -2.50. The van der Waals surface area contributed by atoms with E-state index >= 15 is 0 Å². The van der Waals surface area contributed by atoms with Gasteiger partial charge in [0.25, 0.3) is 0 Å². The zero-order valence-corrected chi connectivity index (χ0v) is 22.1. The molecule has 3 aromatic rings. The summed E-state index contributed by atoms with van der Waals surface area (Å²) in [6, 6.07) is 31.1. The van der Waals surface area contributed by atoms with Gasteiger partial charge < -0.3 is 14.6 Å². The molecule has 0 aromatic heterocycles. The fourth-order valence-corrected chi connectivity index (χ4v) is 9.33. The van der Waals surface area contributed by atoms with Crippen LogP contribution in [0, 0.1) is 0 Å². The monoisotopic (exact) mass is 486 g/mol. The smallest absolute Gasteiger partial charge is 0.114 e. The van der Waals surface area contributed by atoms with E-state index in [-0.39, 0.29) is 11.1 Å². The van der Waals surface area contributed by atoms with Crippen LogP contribution in [0.4, 0.5) is 0 Å². The summed E-state index contributed by atoms with van der Waals surface area (Å²) in [4.78, 5) is 0. The van der Waals surface area contributed by atoms with E-state index in [4.69, 9.17) is 9.47 Å². The van der Waals surface area contributed by atoms with E-state index in [9.17, 15) is 5.11 Å². The molecule has 0 radical (unpaired) electrons. The first-order chi connectivity index (χ1) is 17.0. The van der Waals surface area contributed by atoms with Crippen LogP contribution in [0.15, 0.2) is 103 Å². The van der Waals surface area contributed by atoms with Crippen molar-refractivity contribution in [3.8, 4) is 0 Å². The van der Waals surface area contributed by atoms with Crippen molar-refractivity contribution < 1.29 is 14.6 Å². The lowest BCUT2D eigenvalue weighted by Gasteiger charge is -2.52. The highest BCUT2D eigenvalue weighted by Crippen LogP contribution is 2.51. The van der Waals surface area contributed by atoms with Crippen molar-refractivity contribution in [1.82, 2.24) is 0 Å². The molecular weight excluding hydrogens is 448 g/mol. The second-order valence-corrected chi connectivity index (χ2v) is 14.9. The molecule has 0 amide bonds. The largest absolute Gasteiger partial charge is 0.390 e. The summed E-state index contributed by atoms with van der Waals surface area (Å²) >= 11 is 0. The molecule has 0 spiro atoms. The van der Waals surface area contributed by atoms with Crippen molar-refractivity contribution in [3.63, 3.8) is 0 Å². The Labute approximate surface area is 211 Å². The summed E-state index contributed by atoms with van der Waals surface area (Å²) in [6.45, 7) is 7.89. The fourth-order valence-electron chi connectivity index (χ4n) is 5.48. The predicted octanol–water partition coefficient (Wildman–Crippen LogP) is 6.24. The molecule has 4 atom stereocenters. The summed E-state index contributed by atoms with van der Waals surface area (Å²) < 4.78 is 12.9. The van der Waals surface area contributed by atoms with Crippen LogP contribution in [0.25, 0.3) is 0 Å². The van der Waals surface area contributed by atoms with Crippen LogP contribution >= 0.6 is 0 Å². The van der Waals surface area contributed by atoms with E-state index in [1.54, 1.807) is 0 Å². The number of hydrogen-bond donors (Lipinski definition) is 1. The third kappa shape index (κ3) is 5.51. The van der Waals surface area contributed by atoms with Gasteiger partial charge in [-0.25, -0.2) is 0 Å². The number of rotatable bonds is 10. The highest BCUT2D eigenvalue weighted by Gasteiger charge is 2.55. The highest BCUT2D eigenvalue weighted by atomic mass is 28.3. The minimum atomic E-state index is -2.15. The van der Waals surface area contributed by atoms with Crippen LogP contribution in [-0.4, -0.2) is 31.5 Å². The molecule has 0 saturated heterocycles. The van der Waals surface area contributed by atoms with Gasteiger partial charge in [-0.3, -0.25) is 0 Å². The van der Waals surface area contributed by atoms with Gasteiger partial charge >= 0.3 is 0 Å². The van der Waals surface area contributed by atoms with Gasteiger partial charge in [-0.2, -0.15) is 0 Å². The van der Waals surface area contributed by atoms with E-state index in [0.29, 0.717) is 13.2 Å². The van der Waals surface area contributed by atoms with Crippen molar-refractivity contribution in [2.45, 2.75) is 69.4 Å². The molecule has 0 heterocycles. The topological polar surface area (TPSA) is 38.7 Å². The zero-order chi connectivity index (χ0) is 24.7. The average molecular weight is 487 g/mol. The molecule has 0 fully saturated rings. The maximum Gasteiger partial charge on any atom is 0.114 e. The average Bonchev–Trinajstić information content (AvgIpc) is 2.90. The minimum absolute atomic E-state index is 0.320. The van der Waals surface area contributed by atoms with Crippen LogP contribution in [0.2, 0.25) is 18.1 Å². The van der Waals surface area contributed by atoms with Gasteiger partial charge in [-0.15, -0.1) is 0 Å². The molecule has 0 unspecified atom stereocenters. The van der Waals surface area contributed by atoms with Gasteiger partial charge in [0.15, 0.2) is 0 Å². The van der Waals surface area contributed by atoms with Gasteiger partial charge in [0.05, 0.1) is 27.4 Å². The lowest BCUT2D eigenvalue weighted by atomic mass is 9.84. The second-order valence-electron chi connectivity index (χ2n) is 10.1. The minimum Gasteiger partial charge on any atom is -0.390 e. The second kappa shape index (κ2) is 11.5. The summed E-state index contributed by atoms with van der Waals surface area (Å²) in [6.07, 6.45) is 4.90. The lowest BCUT2D eigenvalue weighted by Crippen LogP contribution is -2.62. The molecule has 0 bridgehead atoms. The van der Waals surface area contributed by atoms with E-state index < -0.39 is 20.3 Å². The van der Waals surface area contributed by atoms with Gasteiger partial charge in [0.1, 0.15) is 12.2 Å². The Balaban J connectivity index is 1.67. The van der Waals surface area contributed by atoms with Crippen LogP contribution in [-0.2, 0) is 22.7 Å². The Morgan fingerprint density at radius 3 is 1.83 bits per heavy atom. The van der Waals surface area contributed by atoms with Crippen LogP contribution in [0.5, 0.6) is 0 Å². The van der Waals surface area contributed by atoms with Crippen molar-refractivity contribution in [1.29, 1.82) is 0 Å². The van der Waals surface area contributed by atoms with Gasteiger partial charge in [-0.1, -0.05) is 135 Å². The van der Waals surface area contributed by atoms with E-state index in [1.165, 1.54) is 5.19 Å². The normalized spacial score (nSPS) is 24.4. The zero-order valence-electron chi connectivity index (χ0n) is 21.1. The summed E-state index contributed by atoms with van der Waals surface area (Å²) in [5.74, 6) is 0. The molecule has 35 heavy (non-hydrogen) atoms. The molecule has 3 aromatic carbocycles. The molecule has 3 nitrogen and oxygen atoms in total. The molecule has 4 rings (SSSR count). The number of ether oxygens (including phenoxy) is 2. The van der Waals surface area contributed by atoms with Crippen molar-refractivity contribution in [3.05, 3.63) is 114 Å². The third-order valence-electron chi connectivity index (χ3n) is 7.64. The molecule has 1 N–H and O–H groups in total. The van der Waals surface area contributed by atoms with Crippen LogP contribution in [0.3, 0.4) is 0 Å². The Morgan fingerprint density at radius 1 is 0.771 bits per heavy atom. The van der Waals surface area contributed by atoms with Gasteiger partial charge in [0, 0.05) is 5.04 Å². The summed E-state index contributed by atoms with van der Waals surface area (Å²) in [7, 11) is -2.15. The van der Waals surface area contributed by atoms with Gasteiger partial charge in [0.2, 0.25) is 0 Å². The van der Waals surface area contributed by atoms with Crippen molar-refractivity contribution in [2.24, 2.45) is 0 Å². The molecule has 1 aliphatic rings. The van der Waals surface area contributed by atoms with Crippen molar-refractivity contribution >= 4 is 13.3 Å². The summed E-state index contributed by atoms with van der Waals surface area (Å²) in [5, 5.41) is 13.1. The predicted molar refractivity (Wildman–Crippen MR) is 146 cm³/mol. The molecule has 0 aliphatic heterocycles. The first-order valence-electron chi connectivity index (χ1n) is 12.7. The lowest BCUT2D eigenvalue weighted by molar-refractivity contribution is -0.130. The fraction of sp³-hybridized carbons (Fsp3) is 0.355. The number of benzene rings is 3. The number of aliphatic hydroxyl groups excluding tert-OH is 1. The molecule has 184 valence electrons.